The van der Waals surface area contributed by atoms with Crippen molar-refractivity contribution >= 4 is 21.8 Å². The maximum atomic E-state index is 12.3. The Hall–Kier alpha value is -1.03. The normalized spacial score (nSPS) is 19.9. The smallest absolute Gasteiger partial charge is 0.207 e. The van der Waals surface area contributed by atoms with E-state index >= 15 is 0 Å². The van der Waals surface area contributed by atoms with E-state index < -0.39 is 10.0 Å². The largest absolute Gasteiger partial charge is 0.241 e. The molecule has 0 spiro atoms. The maximum absolute atomic E-state index is 12.3. The molecule has 1 aromatic rings. The van der Waals surface area contributed by atoms with E-state index in [1.54, 1.807) is 24.8 Å². The molecule has 1 aliphatic heterocycles. The van der Waals surface area contributed by atoms with Gasteiger partial charge in [0.25, 0.3) is 0 Å². The summed E-state index contributed by atoms with van der Waals surface area (Å²) in [5.74, 6) is 1.93. The van der Waals surface area contributed by atoms with Crippen molar-refractivity contribution in [2.24, 2.45) is 0 Å². The van der Waals surface area contributed by atoms with Gasteiger partial charge in [0.05, 0.1) is 16.5 Å². The van der Waals surface area contributed by atoms with Gasteiger partial charge in [-0.15, -0.1) is 0 Å². The first-order chi connectivity index (χ1) is 9.03. The Morgan fingerprint density at radius 3 is 2.84 bits per heavy atom. The molecule has 19 heavy (non-hydrogen) atoms. The summed E-state index contributed by atoms with van der Waals surface area (Å²) in [6, 6.07) is 6.67. The summed E-state index contributed by atoms with van der Waals surface area (Å²) >= 11 is 1.78. The number of hydrogen-bond acceptors (Lipinski definition) is 4. The average Bonchev–Trinajstić information content (AvgIpc) is 2.38. The number of benzene rings is 1. The summed E-state index contributed by atoms with van der Waals surface area (Å²) in [7, 11) is -3.49. The van der Waals surface area contributed by atoms with Crippen molar-refractivity contribution in [1.29, 1.82) is 5.26 Å². The van der Waals surface area contributed by atoms with Crippen LogP contribution < -0.4 is 4.72 Å². The highest BCUT2D eigenvalue weighted by molar-refractivity contribution is 7.99. The summed E-state index contributed by atoms with van der Waals surface area (Å²) in [5.41, 5.74) is 1.08. The molecule has 1 saturated heterocycles. The van der Waals surface area contributed by atoms with Crippen molar-refractivity contribution in [3.05, 3.63) is 29.3 Å². The SMILES string of the molecule is Cc1cc(C#N)ccc1S(=O)(=O)NC1CCCSC1. The van der Waals surface area contributed by atoms with Crippen LogP contribution in [0, 0.1) is 18.3 Å². The van der Waals surface area contributed by atoms with E-state index in [9.17, 15) is 8.42 Å². The summed E-state index contributed by atoms with van der Waals surface area (Å²) in [5, 5.41) is 8.80. The Morgan fingerprint density at radius 1 is 1.47 bits per heavy atom. The van der Waals surface area contributed by atoms with Crippen LogP contribution in [0.2, 0.25) is 0 Å². The predicted molar refractivity (Wildman–Crippen MR) is 76.6 cm³/mol. The molecule has 0 aliphatic carbocycles. The Labute approximate surface area is 118 Å². The van der Waals surface area contributed by atoms with Gasteiger partial charge in [-0.2, -0.15) is 17.0 Å². The third-order valence-electron chi connectivity index (χ3n) is 3.08. The maximum Gasteiger partial charge on any atom is 0.241 e. The van der Waals surface area contributed by atoms with Gasteiger partial charge in [-0.3, -0.25) is 0 Å². The first kappa shape index (κ1) is 14.4. The topological polar surface area (TPSA) is 70.0 Å². The average molecular weight is 296 g/mol. The molecule has 1 atom stereocenters. The zero-order valence-electron chi connectivity index (χ0n) is 10.7. The van der Waals surface area contributed by atoms with Gasteiger partial charge in [-0.25, -0.2) is 13.1 Å². The fraction of sp³-hybridized carbons (Fsp3) is 0.462. The highest BCUT2D eigenvalue weighted by atomic mass is 32.2. The van der Waals surface area contributed by atoms with Crippen molar-refractivity contribution in [3.8, 4) is 6.07 Å². The quantitative estimate of drug-likeness (QED) is 0.926. The van der Waals surface area contributed by atoms with E-state index in [0.717, 1.165) is 24.3 Å². The van der Waals surface area contributed by atoms with Crippen molar-refractivity contribution in [3.63, 3.8) is 0 Å². The third-order valence-corrected chi connectivity index (χ3v) is 5.97. The molecule has 0 aromatic heterocycles. The molecule has 1 fully saturated rings. The van der Waals surface area contributed by atoms with Crippen LogP contribution in [0.5, 0.6) is 0 Å². The number of rotatable bonds is 3. The molecule has 2 rings (SSSR count). The highest BCUT2D eigenvalue weighted by Crippen LogP contribution is 2.21. The summed E-state index contributed by atoms with van der Waals surface area (Å²) < 4.78 is 27.4. The van der Waals surface area contributed by atoms with Crippen LogP contribution in [-0.2, 0) is 10.0 Å². The van der Waals surface area contributed by atoms with Crippen molar-refractivity contribution < 1.29 is 8.42 Å². The van der Waals surface area contributed by atoms with E-state index in [0.29, 0.717) is 11.1 Å². The third kappa shape index (κ3) is 3.50. The first-order valence-corrected chi connectivity index (χ1v) is 8.77. The number of hydrogen-bond donors (Lipinski definition) is 1. The zero-order valence-corrected chi connectivity index (χ0v) is 12.4. The fourth-order valence-corrected chi connectivity index (χ4v) is 4.81. The fourth-order valence-electron chi connectivity index (χ4n) is 2.14. The van der Waals surface area contributed by atoms with Crippen LogP contribution in [0.3, 0.4) is 0 Å². The van der Waals surface area contributed by atoms with E-state index in [-0.39, 0.29) is 10.9 Å². The second-order valence-corrected chi connectivity index (χ2v) is 7.46. The van der Waals surface area contributed by atoms with Gasteiger partial charge >= 0.3 is 0 Å². The Morgan fingerprint density at radius 2 is 2.26 bits per heavy atom. The van der Waals surface area contributed by atoms with Gasteiger partial charge in [0, 0.05) is 11.8 Å². The highest BCUT2D eigenvalue weighted by Gasteiger charge is 2.23. The van der Waals surface area contributed by atoms with Crippen LogP contribution in [0.1, 0.15) is 24.0 Å². The number of thioether (sulfide) groups is 1. The first-order valence-electron chi connectivity index (χ1n) is 6.14. The summed E-state index contributed by atoms with van der Waals surface area (Å²) in [6.07, 6.45) is 1.94. The monoisotopic (exact) mass is 296 g/mol. The molecule has 0 amide bonds. The van der Waals surface area contributed by atoms with Crippen LogP contribution in [0.4, 0.5) is 0 Å². The lowest BCUT2D eigenvalue weighted by atomic mass is 10.2. The van der Waals surface area contributed by atoms with Gasteiger partial charge in [0.15, 0.2) is 0 Å². The molecule has 4 nitrogen and oxygen atoms in total. The number of nitriles is 1. The minimum Gasteiger partial charge on any atom is -0.207 e. The Kier molecular flexibility index (Phi) is 4.50. The zero-order chi connectivity index (χ0) is 13.9. The molecular formula is C13H16N2O2S2. The van der Waals surface area contributed by atoms with Gasteiger partial charge in [0.2, 0.25) is 10.0 Å². The van der Waals surface area contributed by atoms with Crippen LogP contribution >= 0.6 is 11.8 Å². The lowest BCUT2D eigenvalue weighted by molar-refractivity contribution is 0.542. The molecule has 0 bridgehead atoms. The molecule has 1 aromatic carbocycles. The van der Waals surface area contributed by atoms with Gasteiger partial charge in [-0.1, -0.05) is 0 Å². The minimum atomic E-state index is -3.49. The van der Waals surface area contributed by atoms with Crippen LogP contribution in [0.25, 0.3) is 0 Å². The molecule has 6 heteroatoms. The summed E-state index contributed by atoms with van der Waals surface area (Å²) in [4.78, 5) is 0.266. The number of nitrogens with zero attached hydrogens (tertiary/aromatic N) is 1. The van der Waals surface area contributed by atoms with E-state index in [1.165, 1.54) is 12.1 Å². The van der Waals surface area contributed by atoms with Gasteiger partial charge in [-0.05, 0) is 49.3 Å². The van der Waals surface area contributed by atoms with Crippen LogP contribution in [0.15, 0.2) is 23.1 Å². The lowest BCUT2D eigenvalue weighted by Gasteiger charge is -2.22. The Bertz CT molecular complexity index is 600. The van der Waals surface area contributed by atoms with Crippen molar-refractivity contribution in [2.45, 2.75) is 30.7 Å². The molecule has 1 aliphatic rings. The van der Waals surface area contributed by atoms with Crippen LogP contribution in [-0.4, -0.2) is 26.0 Å². The summed E-state index contributed by atoms with van der Waals surface area (Å²) in [6.45, 7) is 1.71. The second-order valence-electron chi connectivity index (χ2n) is 4.63. The standard InChI is InChI=1S/C13H16N2O2S2/c1-10-7-11(8-14)4-5-13(10)19(16,17)15-12-3-2-6-18-9-12/h4-5,7,12,15H,2-3,6,9H2,1H3. The molecule has 0 radical (unpaired) electrons. The van der Waals surface area contributed by atoms with Gasteiger partial charge < -0.3 is 0 Å². The number of sulfonamides is 1. The Balaban J connectivity index is 2.22. The molecule has 102 valence electrons. The van der Waals surface area contributed by atoms with E-state index in [2.05, 4.69) is 4.72 Å². The number of aryl methyl sites for hydroxylation is 1. The lowest BCUT2D eigenvalue weighted by Crippen LogP contribution is -2.38. The van der Waals surface area contributed by atoms with Crippen molar-refractivity contribution in [1.82, 2.24) is 4.72 Å². The predicted octanol–water partition coefficient (Wildman–Crippen LogP) is 2.04. The molecule has 1 unspecified atom stereocenters. The number of nitrogens with one attached hydrogen (secondary N) is 1. The van der Waals surface area contributed by atoms with Crippen molar-refractivity contribution in [2.75, 3.05) is 11.5 Å². The second kappa shape index (κ2) is 5.95. The van der Waals surface area contributed by atoms with Gasteiger partial charge in [0.1, 0.15) is 0 Å². The molecule has 0 saturated carbocycles. The molecule has 1 N–H and O–H groups in total. The molecular weight excluding hydrogens is 280 g/mol. The van der Waals surface area contributed by atoms with E-state index in [1.807, 2.05) is 6.07 Å². The minimum absolute atomic E-state index is 0.0128. The molecule has 1 heterocycles. The van der Waals surface area contributed by atoms with E-state index in [4.69, 9.17) is 5.26 Å².